The SMILES string of the molecule is CC1CC2CNNC2CC1NS(=O)(=O)c1cc2c(cc1F)NC(=O)CC2. The number of nitrogens with one attached hydrogen (secondary N) is 4. The van der Waals surface area contributed by atoms with Crippen LogP contribution in [0.15, 0.2) is 17.0 Å². The largest absolute Gasteiger partial charge is 0.326 e. The fraction of sp³-hybridized carbons (Fsp3) is 0.588. The van der Waals surface area contributed by atoms with E-state index in [1.807, 2.05) is 6.92 Å². The minimum absolute atomic E-state index is 0.174. The standard InChI is InChI=1S/C17H23FN4O3S/c1-9-4-11-8-19-21-15(11)7-13(9)22-26(24,25)16-5-10-2-3-17(23)20-14(10)6-12(16)18/h5-6,9,11,13,15,19,21-22H,2-4,7-8H2,1H3,(H,20,23). The van der Waals surface area contributed by atoms with E-state index in [9.17, 15) is 17.6 Å². The Morgan fingerprint density at radius 3 is 2.85 bits per heavy atom. The summed E-state index contributed by atoms with van der Waals surface area (Å²) < 4.78 is 42.9. The van der Waals surface area contributed by atoms with Crippen molar-refractivity contribution in [1.82, 2.24) is 15.6 Å². The molecule has 4 atom stereocenters. The fourth-order valence-electron chi connectivity index (χ4n) is 4.24. The molecule has 0 aromatic heterocycles. The molecular weight excluding hydrogens is 359 g/mol. The third-order valence-corrected chi connectivity index (χ3v) is 7.24. The molecule has 26 heavy (non-hydrogen) atoms. The molecule has 1 amide bonds. The van der Waals surface area contributed by atoms with Crippen LogP contribution in [0.2, 0.25) is 0 Å². The van der Waals surface area contributed by atoms with Crippen LogP contribution in [0.5, 0.6) is 0 Å². The number of aryl methyl sites for hydroxylation is 1. The first-order chi connectivity index (χ1) is 12.3. The van der Waals surface area contributed by atoms with Gasteiger partial charge in [-0.25, -0.2) is 17.5 Å². The predicted molar refractivity (Wildman–Crippen MR) is 94.3 cm³/mol. The van der Waals surface area contributed by atoms with Crippen LogP contribution in [0.1, 0.15) is 31.7 Å². The van der Waals surface area contributed by atoms with Crippen molar-refractivity contribution in [3.05, 3.63) is 23.5 Å². The van der Waals surface area contributed by atoms with Gasteiger partial charge in [0.15, 0.2) is 0 Å². The maximum Gasteiger partial charge on any atom is 0.243 e. The van der Waals surface area contributed by atoms with Gasteiger partial charge in [-0.3, -0.25) is 15.6 Å². The molecule has 0 radical (unpaired) electrons. The quantitative estimate of drug-likeness (QED) is 0.622. The van der Waals surface area contributed by atoms with E-state index in [2.05, 4.69) is 20.9 Å². The predicted octanol–water partition coefficient (Wildman–Crippen LogP) is 0.880. The van der Waals surface area contributed by atoms with Gasteiger partial charge in [-0.1, -0.05) is 6.92 Å². The average molecular weight is 382 g/mol. The molecule has 0 bridgehead atoms. The second-order valence-corrected chi connectivity index (χ2v) is 9.24. The monoisotopic (exact) mass is 382 g/mol. The van der Waals surface area contributed by atoms with Gasteiger partial charge in [0.1, 0.15) is 10.7 Å². The number of rotatable bonds is 3. The Kier molecular flexibility index (Phi) is 4.50. The Hall–Kier alpha value is -1.55. The van der Waals surface area contributed by atoms with Crippen molar-refractivity contribution in [3.63, 3.8) is 0 Å². The molecule has 1 aliphatic carbocycles. The highest BCUT2D eigenvalue weighted by Crippen LogP contribution is 2.33. The van der Waals surface area contributed by atoms with Crippen molar-refractivity contribution in [1.29, 1.82) is 0 Å². The summed E-state index contributed by atoms with van der Waals surface area (Å²) in [6.07, 6.45) is 2.26. The molecular formula is C17H23FN4O3S. The number of benzene rings is 1. The van der Waals surface area contributed by atoms with Crippen LogP contribution in [0.25, 0.3) is 0 Å². The molecule has 1 aromatic carbocycles. The van der Waals surface area contributed by atoms with Gasteiger partial charge in [0.05, 0.1) is 0 Å². The number of carbonyl (C=O) groups excluding carboxylic acids is 1. The van der Waals surface area contributed by atoms with Gasteiger partial charge < -0.3 is 5.32 Å². The first-order valence-corrected chi connectivity index (χ1v) is 10.4. The van der Waals surface area contributed by atoms with Gasteiger partial charge >= 0.3 is 0 Å². The molecule has 2 aliphatic heterocycles. The molecule has 1 saturated heterocycles. The zero-order valence-corrected chi connectivity index (χ0v) is 15.3. The summed E-state index contributed by atoms with van der Waals surface area (Å²) >= 11 is 0. The molecule has 2 heterocycles. The van der Waals surface area contributed by atoms with E-state index in [1.165, 1.54) is 6.07 Å². The van der Waals surface area contributed by atoms with Gasteiger partial charge in [-0.2, -0.15) is 0 Å². The number of sulfonamides is 1. The lowest BCUT2D eigenvalue weighted by Crippen LogP contribution is -2.49. The highest BCUT2D eigenvalue weighted by Gasteiger charge is 2.39. The van der Waals surface area contributed by atoms with Crippen LogP contribution >= 0.6 is 0 Å². The van der Waals surface area contributed by atoms with E-state index in [0.717, 1.165) is 19.0 Å². The van der Waals surface area contributed by atoms with Crippen molar-refractivity contribution < 1.29 is 17.6 Å². The van der Waals surface area contributed by atoms with Crippen LogP contribution in [0, 0.1) is 17.7 Å². The molecule has 4 N–H and O–H groups in total. The van der Waals surface area contributed by atoms with E-state index < -0.39 is 15.8 Å². The maximum atomic E-state index is 14.5. The summed E-state index contributed by atoms with van der Waals surface area (Å²) in [6.45, 7) is 2.92. The van der Waals surface area contributed by atoms with Gasteiger partial charge in [-0.15, -0.1) is 0 Å². The minimum Gasteiger partial charge on any atom is -0.326 e. The van der Waals surface area contributed by atoms with E-state index in [1.54, 1.807) is 0 Å². The minimum atomic E-state index is -3.99. The fourth-order valence-corrected chi connectivity index (χ4v) is 5.71. The molecule has 4 rings (SSSR count). The van der Waals surface area contributed by atoms with E-state index >= 15 is 0 Å². The molecule has 2 fully saturated rings. The zero-order chi connectivity index (χ0) is 18.5. The van der Waals surface area contributed by atoms with Gasteiger partial charge in [0.25, 0.3) is 0 Å². The Morgan fingerprint density at radius 2 is 2.04 bits per heavy atom. The number of fused-ring (bicyclic) bond motifs is 2. The molecule has 142 valence electrons. The lowest BCUT2D eigenvalue weighted by Gasteiger charge is -2.36. The Balaban J connectivity index is 1.58. The number of anilines is 1. The molecule has 0 spiro atoms. The number of hydrazine groups is 1. The normalized spacial score (nSPS) is 31.2. The molecule has 4 unspecified atom stereocenters. The van der Waals surface area contributed by atoms with Gasteiger partial charge in [-0.05, 0) is 48.8 Å². The summed E-state index contributed by atoms with van der Waals surface area (Å²) in [7, 11) is -3.99. The molecule has 1 aromatic rings. The third-order valence-electron chi connectivity index (χ3n) is 5.74. The second kappa shape index (κ2) is 6.56. The number of hydrogen-bond donors (Lipinski definition) is 4. The van der Waals surface area contributed by atoms with Crippen LogP contribution in [-0.4, -0.2) is 33.0 Å². The average Bonchev–Trinajstić information content (AvgIpc) is 3.01. The van der Waals surface area contributed by atoms with Gasteiger partial charge in [0, 0.05) is 30.7 Å². The highest BCUT2D eigenvalue weighted by molar-refractivity contribution is 7.89. The van der Waals surface area contributed by atoms with Crippen molar-refractivity contribution >= 4 is 21.6 Å². The van der Waals surface area contributed by atoms with Crippen molar-refractivity contribution in [2.24, 2.45) is 11.8 Å². The summed E-state index contributed by atoms with van der Waals surface area (Å²) in [5.74, 6) is -0.364. The topological polar surface area (TPSA) is 99.3 Å². The Labute approximate surface area is 152 Å². The number of carbonyl (C=O) groups is 1. The highest BCUT2D eigenvalue weighted by atomic mass is 32.2. The Bertz CT molecular complexity index is 845. The zero-order valence-electron chi connectivity index (χ0n) is 14.5. The van der Waals surface area contributed by atoms with E-state index in [4.69, 9.17) is 0 Å². The summed E-state index contributed by atoms with van der Waals surface area (Å²) in [5.41, 5.74) is 7.31. The lowest BCUT2D eigenvalue weighted by atomic mass is 9.77. The van der Waals surface area contributed by atoms with E-state index in [0.29, 0.717) is 30.0 Å². The van der Waals surface area contributed by atoms with Crippen molar-refractivity contribution in [2.45, 2.75) is 49.6 Å². The first-order valence-electron chi connectivity index (χ1n) is 8.96. The summed E-state index contributed by atoms with van der Waals surface area (Å²) in [5, 5.41) is 2.58. The second-order valence-electron chi connectivity index (χ2n) is 7.56. The summed E-state index contributed by atoms with van der Waals surface area (Å²) in [6, 6.07) is 2.42. The molecule has 9 heteroatoms. The maximum absolute atomic E-state index is 14.5. The van der Waals surface area contributed by atoms with Crippen LogP contribution < -0.4 is 20.9 Å². The third kappa shape index (κ3) is 3.24. The van der Waals surface area contributed by atoms with Crippen LogP contribution in [0.4, 0.5) is 10.1 Å². The van der Waals surface area contributed by atoms with Crippen molar-refractivity contribution in [3.8, 4) is 0 Å². The van der Waals surface area contributed by atoms with Crippen molar-refractivity contribution in [2.75, 3.05) is 11.9 Å². The molecule has 3 aliphatic rings. The van der Waals surface area contributed by atoms with Gasteiger partial charge in [0.2, 0.25) is 15.9 Å². The summed E-state index contributed by atoms with van der Waals surface area (Å²) in [4.78, 5) is 11.1. The molecule has 7 nitrogen and oxygen atoms in total. The first kappa shape index (κ1) is 17.8. The molecule has 1 saturated carbocycles. The number of hydrogen-bond acceptors (Lipinski definition) is 5. The van der Waals surface area contributed by atoms with Crippen LogP contribution in [-0.2, 0) is 21.2 Å². The smallest absolute Gasteiger partial charge is 0.243 e. The van der Waals surface area contributed by atoms with Crippen LogP contribution in [0.3, 0.4) is 0 Å². The number of halogens is 1. The number of amides is 1. The van der Waals surface area contributed by atoms with E-state index in [-0.39, 0.29) is 35.2 Å². The lowest BCUT2D eigenvalue weighted by molar-refractivity contribution is -0.116. The Morgan fingerprint density at radius 1 is 1.23 bits per heavy atom.